The molecule has 5 aromatic heterocycles. The van der Waals surface area contributed by atoms with E-state index >= 15 is 0 Å². The van der Waals surface area contributed by atoms with E-state index in [2.05, 4.69) is 302 Å². The number of hydrogen-bond acceptors (Lipinski definition) is 2. The van der Waals surface area contributed by atoms with Gasteiger partial charge in [-0.2, -0.15) is 0 Å². The van der Waals surface area contributed by atoms with E-state index in [1.54, 1.807) is 0 Å². The van der Waals surface area contributed by atoms with Gasteiger partial charge in [-0.25, -0.2) is 0 Å². The Labute approximate surface area is 482 Å². The highest BCUT2D eigenvalue weighted by Gasteiger charge is 2.45. The van der Waals surface area contributed by atoms with Crippen LogP contribution in [-0.2, 0) is 0 Å². The molecule has 20 rings (SSSR count). The van der Waals surface area contributed by atoms with Gasteiger partial charge in [0.2, 0.25) is 0 Å². The summed E-state index contributed by atoms with van der Waals surface area (Å²) in [5, 5.41) is 12.7. The summed E-state index contributed by atoms with van der Waals surface area (Å²) in [7, 11) is 0. The number of fused-ring (bicyclic) bond motifs is 19. The molecule has 0 spiro atoms. The van der Waals surface area contributed by atoms with Crippen LogP contribution in [0.5, 0.6) is 0 Å². The van der Waals surface area contributed by atoms with Crippen LogP contribution in [0.2, 0.25) is 0 Å². The lowest BCUT2D eigenvalue weighted by atomic mass is 9.33. The average Bonchev–Trinajstić information content (AvgIpc) is 1.35. The summed E-state index contributed by atoms with van der Waals surface area (Å²) in [6, 6.07) is 105. The largest absolute Gasteiger partial charge is 0.311 e. The van der Waals surface area contributed by atoms with Crippen LogP contribution in [-0.4, -0.2) is 20.1 Å². The molecule has 13 aromatic carbocycles. The van der Waals surface area contributed by atoms with Gasteiger partial charge in [-0.15, -0.1) is 0 Å². The minimum Gasteiger partial charge on any atom is -0.311 e. The molecule has 386 valence electrons. The number of para-hydroxylation sites is 6. The number of nitrogens with zero attached hydrogens (tertiary/aromatic N) is 5. The van der Waals surface area contributed by atoms with Gasteiger partial charge in [-0.05, 0) is 111 Å². The van der Waals surface area contributed by atoms with E-state index in [1.807, 2.05) is 0 Å². The van der Waals surface area contributed by atoms with Gasteiger partial charge >= 0.3 is 0 Å². The minimum absolute atomic E-state index is 0.158. The van der Waals surface area contributed by atoms with Gasteiger partial charge in [0.15, 0.2) is 0 Å². The number of hydrogen-bond donors (Lipinski definition) is 0. The van der Waals surface area contributed by atoms with Crippen LogP contribution in [0.4, 0.5) is 34.1 Å². The Morgan fingerprint density at radius 2 is 0.571 bits per heavy atom. The van der Waals surface area contributed by atoms with Crippen LogP contribution in [0.3, 0.4) is 0 Å². The fraction of sp³-hybridized carbons (Fsp3) is 0. The zero-order chi connectivity index (χ0) is 54.5. The maximum absolute atomic E-state index is 2.61. The second-order valence-corrected chi connectivity index (χ2v) is 23.2. The molecule has 0 saturated carbocycles. The van der Waals surface area contributed by atoms with E-state index in [-0.39, 0.29) is 6.71 Å². The maximum atomic E-state index is 2.61. The molecule has 0 amide bonds. The van der Waals surface area contributed by atoms with Crippen LogP contribution in [0.15, 0.2) is 279 Å². The van der Waals surface area contributed by atoms with Gasteiger partial charge in [-0.3, -0.25) is 0 Å². The third-order valence-corrected chi connectivity index (χ3v) is 19.0. The molecular formula is C78H46BN5. The Kier molecular flexibility index (Phi) is 8.67. The molecule has 0 N–H and O–H groups in total. The quantitative estimate of drug-likeness (QED) is 0.160. The molecule has 2 aliphatic rings. The van der Waals surface area contributed by atoms with Crippen molar-refractivity contribution >= 4 is 155 Å². The number of aromatic nitrogens is 3. The van der Waals surface area contributed by atoms with Crippen LogP contribution in [0.25, 0.3) is 126 Å². The standard InChI is InChI=1S/C78H46BN5/c1-3-17-47(18-4-1)49-33-37-51(38-34-49)80-72-45-70-62(60-27-15-25-58-56-23-9-13-31-68(56)83(70)77(58)60)43-64(72)79-65-44-63-61-28-16-26-59-57-24-10-14-32-69(57)84(78(59)61)71(63)46-73(65)81(52-39-35-50(36-40-52)48-19-5-2-6-20-48)75-42-53(41-74(80)76(75)79)82-66-29-11-7-21-54(66)55-22-8-12-30-67(55)82/h1-46H. The summed E-state index contributed by atoms with van der Waals surface area (Å²) in [5.74, 6) is 0. The molecule has 0 aliphatic carbocycles. The zero-order valence-electron chi connectivity index (χ0n) is 45.4. The van der Waals surface area contributed by atoms with E-state index < -0.39 is 0 Å². The Hall–Kier alpha value is -11.1. The van der Waals surface area contributed by atoms with Gasteiger partial charge < -0.3 is 23.2 Å². The predicted molar refractivity (Wildman–Crippen MR) is 355 cm³/mol. The molecule has 6 heteroatoms. The van der Waals surface area contributed by atoms with Crippen molar-refractivity contribution in [3.8, 4) is 27.9 Å². The number of benzene rings is 13. The van der Waals surface area contributed by atoms with E-state index in [1.165, 1.54) is 148 Å². The SMILES string of the molecule is c1ccc(-c2ccc(N3c4cc5c(cc4B4c6cc7c8cccc9c%10ccccc%10n(c7cc6N(c6ccc(-c7ccccc7)cc6)c6cc(-n7c%10ccccc%10c%10ccccc%107)cc3c64)c98)c3cccc4c6ccccc6n5c43)cc2)cc1. The minimum atomic E-state index is -0.158. The van der Waals surface area contributed by atoms with Crippen molar-refractivity contribution in [1.82, 2.24) is 13.4 Å². The molecule has 0 saturated heterocycles. The number of anilines is 6. The molecular weight excluding hydrogens is 1020 g/mol. The molecule has 2 aliphatic heterocycles. The first-order valence-corrected chi connectivity index (χ1v) is 29.2. The summed E-state index contributed by atoms with van der Waals surface area (Å²) >= 11 is 0. The summed E-state index contributed by atoms with van der Waals surface area (Å²) in [6.07, 6.45) is 0. The molecule has 0 unspecified atom stereocenters. The molecule has 7 heterocycles. The van der Waals surface area contributed by atoms with Crippen LogP contribution < -0.4 is 26.2 Å². The third-order valence-electron chi connectivity index (χ3n) is 19.0. The highest BCUT2D eigenvalue weighted by molar-refractivity contribution is 7.00. The van der Waals surface area contributed by atoms with Crippen LogP contribution in [0.1, 0.15) is 0 Å². The molecule has 0 radical (unpaired) electrons. The number of rotatable bonds is 5. The summed E-state index contributed by atoms with van der Waals surface area (Å²) in [6.45, 7) is -0.158. The lowest BCUT2D eigenvalue weighted by Gasteiger charge is -2.44. The van der Waals surface area contributed by atoms with E-state index in [4.69, 9.17) is 0 Å². The highest BCUT2D eigenvalue weighted by atomic mass is 15.2. The van der Waals surface area contributed by atoms with Crippen molar-refractivity contribution in [2.45, 2.75) is 0 Å². The Morgan fingerprint density at radius 3 is 1.00 bits per heavy atom. The van der Waals surface area contributed by atoms with Crippen molar-refractivity contribution in [3.05, 3.63) is 279 Å². The van der Waals surface area contributed by atoms with E-state index in [0.717, 1.165) is 28.4 Å². The van der Waals surface area contributed by atoms with Crippen molar-refractivity contribution in [2.75, 3.05) is 9.80 Å². The smallest absolute Gasteiger partial charge is 0.252 e. The molecule has 84 heavy (non-hydrogen) atoms. The third kappa shape index (κ3) is 5.78. The monoisotopic (exact) mass is 1060 g/mol. The topological polar surface area (TPSA) is 20.2 Å². The van der Waals surface area contributed by atoms with Crippen LogP contribution >= 0.6 is 0 Å². The van der Waals surface area contributed by atoms with E-state index in [0.29, 0.717) is 0 Å². The summed E-state index contributed by atoms with van der Waals surface area (Å²) in [4.78, 5) is 5.22. The molecule has 18 aromatic rings. The van der Waals surface area contributed by atoms with Crippen molar-refractivity contribution in [1.29, 1.82) is 0 Å². The predicted octanol–water partition coefficient (Wildman–Crippen LogP) is 18.5. The Bertz CT molecular complexity index is 5440. The average molecular weight is 1060 g/mol. The maximum Gasteiger partial charge on any atom is 0.252 e. The molecule has 0 atom stereocenters. The Morgan fingerprint density at radius 1 is 0.226 bits per heavy atom. The first kappa shape index (κ1) is 44.6. The van der Waals surface area contributed by atoms with Crippen LogP contribution in [0, 0.1) is 0 Å². The van der Waals surface area contributed by atoms with Gasteiger partial charge in [0, 0.05) is 88.0 Å². The van der Waals surface area contributed by atoms with Gasteiger partial charge in [0.05, 0.1) is 49.8 Å². The summed E-state index contributed by atoms with van der Waals surface area (Å²) in [5.41, 5.74) is 26.3. The fourth-order valence-corrected chi connectivity index (χ4v) is 15.6. The fourth-order valence-electron chi connectivity index (χ4n) is 15.6. The van der Waals surface area contributed by atoms with E-state index in [9.17, 15) is 0 Å². The molecule has 5 nitrogen and oxygen atoms in total. The second-order valence-electron chi connectivity index (χ2n) is 23.2. The zero-order valence-corrected chi connectivity index (χ0v) is 45.4. The van der Waals surface area contributed by atoms with Gasteiger partial charge in [0.1, 0.15) is 0 Å². The molecule has 0 bridgehead atoms. The molecule has 0 fully saturated rings. The lowest BCUT2D eigenvalue weighted by molar-refractivity contribution is 1.16. The van der Waals surface area contributed by atoms with Gasteiger partial charge in [-0.1, -0.05) is 206 Å². The highest BCUT2D eigenvalue weighted by Crippen LogP contribution is 2.50. The lowest BCUT2D eigenvalue weighted by Crippen LogP contribution is -2.61. The van der Waals surface area contributed by atoms with Gasteiger partial charge in [0.25, 0.3) is 6.71 Å². The first-order valence-electron chi connectivity index (χ1n) is 29.2. The van der Waals surface area contributed by atoms with Crippen molar-refractivity contribution in [3.63, 3.8) is 0 Å². The second kappa shape index (κ2) is 16.3. The normalized spacial score (nSPS) is 13.2. The van der Waals surface area contributed by atoms with Crippen molar-refractivity contribution in [2.24, 2.45) is 0 Å². The Balaban J connectivity index is 0.960. The first-order chi connectivity index (χ1) is 41.7. The van der Waals surface area contributed by atoms with Crippen molar-refractivity contribution < 1.29 is 0 Å². The summed E-state index contributed by atoms with van der Waals surface area (Å²) < 4.78 is 7.60.